The lowest BCUT2D eigenvalue weighted by molar-refractivity contribution is -0.132. The van der Waals surface area contributed by atoms with Gasteiger partial charge in [0.25, 0.3) is 0 Å². The number of likely N-dealkylation sites (tertiary alicyclic amines) is 1. The molecule has 172 valence electrons. The molecule has 1 N–H and O–H groups in total. The predicted octanol–water partition coefficient (Wildman–Crippen LogP) is 3.82. The molecule has 6 nitrogen and oxygen atoms in total. The van der Waals surface area contributed by atoms with E-state index in [1.807, 2.05) is 61.2 Å². The molecule has 0 saturated carbocycles. The van der Waals surface area contributed by atoms with Crippen LogP contribution in [0.1, 0.15) is 42.4 Å². The van der Waals surface area contributed by atoms with E-state index in [9.17, 15) is 9.59 Å². The number of carbonyl (C=O) groups excluding carboxylic acids is 2. The molecule has 0 spiro atoms. The first-order chi connectivity index (χ1) is 15.5. The van der Waals surface area contributed by atoms with Crippen LogP contribution in [0.2, 0.25) is 0 Å². The van der Waals surface area contributed by atoms with Crippen molar-refractivity contribution >= 4 is 11.8 Å². The van der Waals surface area contributed by atoms with Gasteiger partial charge in [-0.2, -0.15) is 0 Å². The fourth-order valence-electron chi connectivity index (χ4n) is 4.06. The summed E-state index contributed by atoms with van der Waals surface area (Å²) in [6.45, 7) is 5.98. The number of ether oxygens (including phenoxy) is 2. The average molecular weight is 439 g/mol. The highest BCUT2D eigenvalue weighted by Gasteiger charge is 2.23. The predicted molar refractivity (Wildman–Crippen MR) is 125 cm³/mol. The summed E-state index contributed by atoms with van der Waals surface area (Å²) in [5, 5.41) is 3.11. The number of nitrogens with zero attached hydrogens (tertiary/aromatic N) is 1. The topological polar surface area (TPSA) is 67.9 Å². The number of hydrogen-bond acceptors (Lipinski definition) is 4. The first-order valence-electron chi connectivity index (χ1n) is 11.4. The number of carbonyl (C=O) groups is 2. The molecule has 0 aliphatic carbocycles. The Labute approximate surface area is 190 Å². The summed E-state index contributed by atoms with van der Waals surface area (Å²) < 4.78 is 11.0. The zero-order chi connectivity index (χ0) is 22.9. The lowest BCUT2D eigenvalue weighted by atomic mass is 10.0. The Morgan fingerprint density at radius 3 is 2.31 bits per heavy atom. The third-order valence-corrected chi connectivity index (χ3v) is 5.93. The fraction of sp³-hybridized carbons (Fsp3) is 0.462. The molecular weight excluding hydrogens is 404 g/mol. The molecule has 1 aliphatic rings. The van der Waals surface area contributed by atoms with Crippen LogP contribution in [-0.4, -0.2) is 49.6 Å². The van der Waals surface area contributed by atoms with E-state index in [1.165, 1.54) is 0 Å². The average Bonchev–Trinajstić information content (AvgIpc) is 2.79. The normalized spacial score (nSPS) is 14.2. The van der Waals surface area contributed by atoms with Crippen LogP contribution in [-0.2, 0) is 16.0 Å². The van der Waals surface area contributed by atoms with E-state index in [0.717, 1.165) is 41.0 Å². The molecule has 2 amide bonds. The summed E-state index contributed by atoms with van der Waals surface area (Å²) in [6.07, 6.45) is 3.12. The molecule has 0 atom stereocenters. The summed E-state index contributed by atoms with van der Waals surface area (Å²) in [6, 6.07) is 13.7. The Balaban J connectivity index is 1.33. The quantitative estimate of drug-likeness (QED) is 0.605. The zero-order valence-electron chi connectivity index (χ0n) is 19.4. The Bertz CT molecular complexity index is 882. The second-order valence-electron chi connectivity index (χ2n) is 8.42. The van der Waals surface area contributed by atoms with Crippen LogP contribution in [0.25, 0.3) is 0 Å². The van der Waals surface area contributed by atoms with E-state index >= 15 is 0 Å². The van der Waals surface area contributed by atoms with Crippen LogP contribution in [0, 0.1) is 13.8 Å². The summed E-state index contributed by atoms with van der Waals surface area (Å²) in [7, 11) is 1.62. The highest BCUT2D eigenvalue weighted by atomic mass is 16.5. The molecular formula is C26H34N2O4. The third kappa shape index (κ3) is 6.74. The van der Waals surface area contributed by atoms with Crippen LogP contribution in [0.5, 0.6) is 11.5 Å². The van der Waals surface area contributed by atoms with Crippen LogP contribution in [0.4, 0.5) is 0 Å². The van der Waals surface area contributed by atoms with Crippen LogP contribution in [0.15, 0.2) is 42.5 Å². The number of benzene rings is 2. The number of piperidine rings is 1. The van der Waals surface area contributed by atoms with Gasteiger partial charge in [-0.25, -0.2) is 0 Å². The SMILES string of the molecule is COc1ccc(CC(=O)NC2CCN(C(=O)CCCOc3c(C)cccc3C)CC2)cc1. The molecule has 1 heterocycles. The number of amides is 2. The number of hydrogen-bond donors (Lipinski definition) is 1. The van der Waals surface area contributed by atoms with Gasteiger partial charge in [-0.15, -0.1) is 0 Å². The third-order valence-electron chi connectivity index (χ3n) is 5.93. The Kier molecular flexibility index (Phi) is 8.54. The minimum absolute atomic E-state index is 0.0172. The van der Waals surface area contributed by atoms with Crippen molar-refractivity contribution in [1.29, 1.82) is 0 Å². The largest absolute Gasteiger partial charge is 0.497 e. The molecule has 3 rings (SSSR count). The van der Waals surface area contributed by atoms with Crippen molar-refractivity contribution in [3.05, 3.63) is 59.2 Å². The van der Waals surface area contributed by atoms with Crippen molar-refractivity contribution in [2.45, 2.75) is 52.0 Å². The molecule has 2 aromatic carbocycles. The first kappa shape index (κ1) is 23.6. The lowest BCUT2D eigenvalue weighted by Gasteiger charge is -2.32. The van der Waals surface area contributed by atoms with Gasteiger partial charge in [0.1, 0.15) is 11.5 Å². The number of aryl methyl sites for hydroxylation is 2. The van der Waals surface area contributed by atoms with Crippen molar-refractivity contribution in [2.24, 2.45) is 0 Å². The molecule has 0 radical (unpaired) electrons. The number of nitrogens with one attached hydrogen (secondary N) is 1. The van der Waals surface area contributed by atoms with E-state index in [2.05, 4.69) is 5.32 Å². The van der Waals surface area contributed by atoms with E-state index in [-0.39, 0.29) is 17.9 Å². The zero-order valence-corrected chi connectivity index (χ0v) is 19.4. The number of para-hydroxylation sites is 1. The fourth-order valence-corrected chi connectivity index (χ4v) is 4.06. The molecule has 2 aromatic rings. The molecule has 0 unspecified atom stereocenters. The van der Waals surface area contributed by atoms with E-state index in [4.69, 9.17) is 9.47 Å². The van der Waals surface area contributed by atoms with Crippen LogP contribution < -0.4 is 14.8 Å². The highest BCUT2D eigenvalue weighted by molar-refractivity contribution is 5.79. The Morgan fingerprint density at radius 1 is 1.03 bits per heavy atom. The molecule has 1 aliphatic heterocycles. The van der Waals surface area contributed by atoms with Crippen molar-refractivity contribution in [1.82, 2.24) is 10.2 Å². The summed E-state index contributed by atoms with van der Waals surface area (Å²) in [5.74, 6) is 1.89. The van der Waals surface area contributed by atoms with Gasteiger partial charge in [-0.1, -0.05) is 30.3 Å². The maximum atomic E-state index is 12.5. The Morgan fingerprint density at radius 2 is 1.69 bits per heavy atom. The molecule has 32 heavy (non-hydrogen) atoms. The van der Waals surface area contributed by atoms with Gasteiger partial charge < -0.3 is 19.7 Å². The van der Waals surface area contributed by atoms with Crippen molar-refractivity contribution in [3.63, 3.8) is 0 Å². The van der Waals surface area contributed by atoms with Crippen molar-refractivity contribution < 1.29 is 19.1 Å². The monoisotopic (exact) mass is 438 g/mol. The number of methoxy groups -OCH3 is 1. The minimum atomic E-state index is 0.0172. The maximum absolute atomic E-state index is 12.5. The summed E-state index contributed by atoms with van der Waals surface area (Å²) >= 11 is 0. The lowest BCUT2D eigenvalue weighted by Crippen LogP contribution is -2.46. The van der Waals surface area contributed by atoms with E-state index in [1.54, 1.807) is 7.11 Å². The van der Waals surface area contributed by atoms with Crippen LogP contribution >= 0.6 is 0 Å². The molecule has 1 saturated heterocycles. The Hall–Kier alpha value is -3.02. The van der Waals surface area contributed by atoms with E-state index in [0.29, 0.717) is 39.0 Å². The smallest absolute Gasteiger partial charge is 0.224 e. The molecule has 6 heteroatoms. The van der Waals surface area contributed by atoms with Gasteiger partial charge in [-0.3, -0.25) is 9.59 Å². The van der Waals surface area contributed by atoms with Gasteiger partial charge in [-0.05, 0) is 61.9 Å². The van der Waals surface area contributed by atoms with E-state index < -0.39 is 0 Å². The van der Waals surface area contributed by atoms with Crippen molar-refractivity contribution in [2.75, 3.05) is 26.8 Å². The van der Waals surface area contributed by atoms with Gasteiger partial charge in [0.2, 0.25) is 11.8 Å². The van der Waals surface area contributed by atoms with Gasteiger partial charge in [0, 0.05) is 25.6 Å². The summed E-state index contributed by atoms with van der Waals surface area (Å²) in [4.78, 5) is 26.8. The second kappa shape index (κ2) is 11.6. The standard InChI is InChI=1S/C26H34N2O4/c1-19-6-4-7-20(2)26(19)32-17-5-8-25(30)28-15-13-22(14-16-28)27-24(29)18-21-9-11-23(31-3)12-10-21/h4,6-7,9-12,22H,5,8,13-18H2,1-3H3,(H,27,29). The molecule has 1 fully saturated rings. The van der Waals surface area contributed by atoms with Gasteiger partial charge in [0.15, 0.2) is 0 Å². The minimum Gasteiger partial charge on any atom is -0.497 e. The first-order valence-corrected chi connectivity index (χ1v) is 11.4. The molecule has 0 aromatic heterocycles. The van der Waals surface area contributed by atoms with Crippen molar-refractivity contribution in [3.8, 4) is 11.5 Å². The van der Waals surface area contributed by atoms with Gasteiger partial charge in [0.05, 0.1) is 20.1 Å². The van der Waals surface area contributed by atoms with Gasteiger partial charge >= 0.3 is 0 Å². The number of rotatable bonds is 9. The highest BCUT2D eigenvalue weighted by Crippen LogP contribution is 2.22. The second-order valence-corrected chi connectivity index (χ2v) is 8.42. The maximum Gasteiger partial charge on any atom is 0.224 e. The van der Waals surface area contributed by atoms with Crippen LogP contribution in [0.3, 0.4) is 0 Å². The summed E-state index contributed by atoms with van der Waals surface area (Å²) in [5.41, 5.74) is 3.19. The molecule has 0 bridgehead atoms.